The largest absolute Gasteiger partial charge is 0.497 e. The van der Waals surface area contributed by atoms with Crippen LogP contribution >= 0.6 is 12.4 Å². The van der Waals surface area contributed by atoms with Crippen molar-refractivity contribution in [3.8, 4) is 5.75 Å². The molecule has 0 atom stereocenters. The molecule has 0 bridgehead atoms. The van der Waals surface area contributed by atoms with Crippen LogP contribution in [0.25, 0.3) is 0 Å². The monoisotopic (exact) mass is 298 g/mol. The second-order valence-corrected chi connectivity index (χ2v) is 3.62. The van der Waals surface area contributed by atoms with Gasteiger partial charge in [0, 0.05) is 12.5 Å². The maximum absolute atomic E-state index is 11.9. The molecule has 1 aromatic rings. The number of amides is 1. The van der Waals surface area contributed by atoms with Gasteiger partial charge in [0.1, 0.15) is 5.75 Å². The number of hydrogen-bond acceptors (Lipinski definition) is 3. The predicted molar refractivity (Wildman–Crippen MR) is 68.6 cm³/mol. The lowest BCUT2D eigenvalue weighted by Crippen LogP contribution is -2.17. The summed E-state index contributed by atoms with van der Waals surface area (Å²) < 4.78 is 40.7. The van der Waals surface area contributed by atoms with E-state index < -0.39 is 24.9 Å². The van der Waals surface area contributed by atoms with E-state index in [2.05, 4.69) is 5.32 Å². The van der Waals surface area contributed by atoms with Crippen LogP contribution in [0.1, 0.15) is 12.8 Å². The molecule has 0 heterocycles. The fraction of sp³-hybridized carbons (Fsp3) is 0.364. The van der Waals surface area contributed by atoms with Crippen LogP contribution in [-0.2, 0) is 4.79 Å². The zero-order valence-electron chi connectivity index (χ0n) is 10.1. The summed E-state index contributed by atoms with van der Waals surface area (Å²) in [5.74, 6) is -0.289. The first kappa shape index (κ1) is 17.4. The Kier molecular flexibility index (Phi) is 6.47. The lowest BCUT2D eigenvalue weighted by Gasteiger charge is -2.10. The number of benzene rings is 1. The average Bonchev–Trinajstić information content (AvgIpc) is 2.28. The average molecular weight is 299 g/mol. The van der Waals surface area contributed by atoms with Crippen molar-refractivity contribution < 1.29 is 22.7 Å². The Labute approximate surface area is 114 Å². The number of nitrogens with two attached hydrogens (primary N) is 1. The van der Waals surface area contributed by atoms with E-state index in [1.807, 2.05) is 0 Å². The van der Waals surface area contributed by atoms with Gasteiger partial charge in [-0.2, -0.15) is 13.2 Å². The molecule has 0 radical (unpaired) electrons. The van der Waals surface area contributed by atoms with Crippen molar-refractivity contribution in [2.75, 3.05) is 18.2 Å². The highest BCUT2D eigenvalue weighted by Gasteiger charge is 2.27. The molecule has 19 heavy (non-hydrogen) atoms. The Hall–Kier alpha value is -1.63. The summed E-state index contributed by atoms with van der Waals surface area (Å²) in [7, 11) is 1.43. The zero-order valence-corrected chi connectivity index (χ0v) is 10.9. The standard InChI is InChI=1S/C11H13F3N2O2.ClH/c1-18-7-2-3-8(15)9(6-7)16-10(17)4-5-11(12,13)14;/h2-3,6H,4-5,15H2,1H3,(H,16,17);1H. The van der Waals surface area contributed by atoms with E-state index in [-0.39, 0.29) is 23.8 Å². The first-order valence-corrected chi connectivity index (χ1v) is 5.12. The van der Waals surface area contributed by atoms with Gasteiger partial charge in [-0.05, 0) is 12.1 Å². The molecule has 0 aliphatic rings. The van der Waals surface area contributed by atoms with Crippen LogP contribution in [0.5, 0.6) is 5.75 Å². The summed E-state index contributed by atoms with van der Waals surface area (Å²) in [6.45, 7) is 0. The summed E-state index contributed by atoms with van der Waals surface area (Å²) in [5.41, 5.74) is 6.08. The Morgan fingerprint density at radius 3 is 2.58 bits per heavy atom. The van der Waals surface area contributed by atoms with Gasteiger partial charge in [-0.15, -0.1) is 12.4 Å². The third-order valence-electron chi connectivity index (χ3n) is 2.17. The van der Waals surface area contributed by atoms with Crippen LogP contribution in [0.2, 0.25) is 0 Å². The number of carbonyl (C=O) groups is 1. The molecule has 0 spiro atoms. The molecular weight excluding hydrogens is 285 g/mol. The molecule has 4 nitrogen and oxygen atoms in total. The highest BCUT2D eigenvalue weighted by atomic mass is 35.5. The highest BCUT2D eigenvalue weighted by molar-refractivity contribution is 5.94. The summed E-state index contributed by atoms with van der Waals surface area (Å²) in [6, 6.07) is 4.53. The summed E-state index contributed by atoms with van der Waals surface area (Å²) in [5, 5.41) is 2.31. The molecule has 0 aliphatic carbocycles. The lowest BCUT2D eigenvalue weighted by atomic mass is 10.2. The quantitative estimate of drug-likeness (QED) is 0.840. The van der Waals surface area contributed by atoms with Crippen LogP contribution in [0.15, 0.2) is 18.2 Å². The van der Waals surface area contributed by atoms with Crippen LogP contribution in [-0.4, -0.2) is 19.2 Å². The van der Waals surface area contributed by atoms with Crippen LogP contribution in [0.4, 0.5) is 24.5 Å². The number of ether oxygens (including phenoxy) is 1. The van der Waals surface area contributed by atoms with Crippen molar-refractivity contribution >= 4 is 29.7 Å². The Morgan fingerprint density at radius 2 is 2.05 bits per heavy atom. The molecule has 0 fully saturated rings. The molecule has 1 rings (SSSR count). The van der Waals surface area contributed by atoms with Gasteiger partial charge < -0.3 is 15.8 Å². The maximum Gasteiger partial charge on any atom is 0.389 e. The van der Waals surface area contributed by atoms with E-state index in [4.69, 9.17) is 10.5 Å². The van der Waals surface area contributed by atoms with E-state index in [1.165, 1.54) is 19.2 Å². The normalized spacial score (nSPS) is 10.5. The third kappa shape index (κ3) is 6.19. The number of alkyl halides is 3. The fourth-order valence-corrected chi connectivity index (χ4v) is 1.24. The van der Waals surface area contributed by atoms with Gasteiger partial charge in [-0.25, -0.2) is 0 Å². The smallest absolute Gasteiger partial charge is 0.389 e. The molecule has 0 aliphatic heterocycles. The van der Waals surface area contributed by atoms with E-state index in [1.54, 1.807) is 6.07 Å². The van der Waals surface area contributed by atoms with Crippen molar-refractivity contribution in [2.24, 2.45) is 0 Å². The van der Waals surface area contributed by atoms with Crippen molar-refractivity contribution in [1.29, 1.82) is 0 Å². The first-order valence-electron chi connectivity index (χ1n) is 5.12. The molecule has 0 saturated heterocycles. The summed E-state index contributed by atoms with van der Waals surface area (Å²) >= 11 is 0. The predicted octanol–water partition coefficient (Wildman–Crippen LogP) is 2.98. The van der Waals surface area contributed by atoms with Crippen molar-refractivity contribution in [2.45, 2.75) is 19.0 Å². The Balaban J connectivity index is 0.00000324. The van der Waals surface area contributed by atoms with Crippen LogP contribution < -0.4 is 15.8 Å². The van der Waals surface area contributed by atoms with Gasteiger partial charge in [0.05, 0.1) is 24.9 Å². The van der Waals surface area contributed by atoms with Crippen LogP contribution in [0.3, 0.4) is 0 Å². The third-order valence-corrected chi connectivity index (χ3v) is 2.17. The first-order chi connectivity index (χ1) is 8.31. The van der Waals surface area contributed by atoms with Crippen molar-refractivity contribution in [3.63, 3.8) is 0 Å². The molecule has 0 unspecified atom stereocenters. The molecule has 0 aromatic heterocycles. The number of halogens is 4. The second kappa shape index (κ2) is 7.08. The highest BCUT2D eigenvalue weighted by Crippen LogP contribution is 2.26. The lowest BCUT2D eigenvalue weighted by molar-refractivity contribution is -0.142. The number of carbonyl (C=O) groups excluding carboxylic acids is 1. The van der Waals surface area contributed by atoms with Gasteiger partial charge in [0.15, 0.2) is 0 Å². The molecular formula is C11H14ClF3N2O2. The molecule has 1 aromatic carbocycles. The van der Waals surface area contributed by atoms with E-state index >= 15 is 0 Å². The maximum atomic E-state index is 11.9. The molecule has 3 N–H and O–H groups in total. The number of rotatable bonds is 4. The minimum absolute atomic E-state index is 0. The molecule has 0 saturated carbocycles. The fourth-order valence-electron chi connectivity index (χ4n) is 1.24. The SMILES string of the molecule is COc1ccc(N)c(NC(=O)CCC(F)(F)F)c1.Cl. The number of nitrogens with one attached hydrogen (secondary N) is 1. The minimum Gasteiger partial charge on any atom is -0.497 e. The summed E-state index contributed by atoms with van der Waals surface area (Å²) in [6.07, 6.45) is -6.15. The molecule has 108 valence electrons. The van der Waals surface area contributed by atoms with E-state index in [9.17, 15) is 18.0 Å². The van der Waals surface area contributed by atoms with Crippen LogP contribution in [0, 0.1) is 0 Å². The minimum atomic E-state index is -4.35. The number of nitrogen functional groups attached to an aromatic ring is 1. The second-order valence-electron chi connectivity index (χ2n) is 3.62. The van der Waals surface area contributed by atoms with Crippen molar-refractivity contribution in [1.82, 2.24) is 0 Å². The van der Waals surface area contributed by atoms with Crippen molar-refractivity contribution in [3.05, 3.63) is 18.2 Å². The molecule has 1 amide bonds. The van der Waals surface area contributed by atoms with Gasteiger partial charge >= 0.3 is 6.18 Å². The van der Waals surface area contributed by atoms with Gasteiger partial charge in [0.25, 0.3) is 0 Å². The van der Waals surface area contributed by atoms with E-state index in [0.29, 0.717) is 5.75 Å². The van der Waals surface area contributed by atoms with Gasteiger partial charge in [0.2, 0.25) is 5.91 Å². The van der Waals surface area contributed by atoms with E-state index in [0.717, 1.165) is 0 Å². The Morgan fingerprint density at radius 1 is 1.42 bits per heavy atom. The number of hydrogen-bond donors (Lipinski definition) is 2. The van der Waals surface area contributed by atoms with Gasteiger partial charge in [-0.1, -0.05) is 0 Å². The molecule has 8 heteroatoms. The summed E-state index contributed by atoms with van der Waals surface area (Å²) in [4.78, 5) is 11.3. The van der Waals surface area contributed by atoms with Gasteiger partial charge in [-0.3, -0.25) is 4.79 Å². The zero-order chi connectivity index (χ0) is 13.8. The number of methoxy groups -OCH3 is 1. The Bertz CT molecular complexity index is 438. The number of anilines is 2. The topological polar surface area (TPSA) is 64.3 Å².